The first-order valence-electron chi connectivity index (χ1n) is 9.39. The zero-order chi connectivity index (χ0) is 20.7. The zero-order valence-electron chi connectivity index (χ0n) is 16.0. The van der Waals surface area contributed by atoms with E-state index in [4.69, 9.17) is 16.6 Å². The van der Waals surface area contributed by atoms with Crippen molar-refractivity contribution in [1.29, 1.82) is 0 Å². The van der Waals surface area contributed by atoms with Crippen LogP contribution < -0.4 is 5.32 Å². The Morgan fingerprint density at radius 2 is 2.07 bits per heavy atom. The number of hydrogen-bond donors (Lipinski definition) is 1. The van der Waals surface area contributed by atoms with Crippen LogP contribution in [-0.4, -0.2) is 40.6 Å². The SMILES string of the molecule is Cn1nnnc1-n1c(SCc2cccc(NC(=O)C3CC3)n2)nc2c(Cl)cccc21. The molecule has 0 atom stereocenters. The molecule has 1 aliphatic rings. The van der Waals surface area contributed by atoms with Crippen molar-refractivity contribution in [2.24, 2.45) is 13.0 Å². The van der Waals surface area contributed by atoms with Crippen LogP contribution in [0.1, 0.15) is 18.5 Å². The highest BCUT2D eigenvalue weighted by atomic mass is 35.5. The molecule has 0 aliphatic heterocycles. The molecule has 0 bridgehead atoms. The van der Waals surface area contributed by atoms with Crippen molar-refractivity contribution in [2.75, 3.05) is 5.32 Å². The van der Waals surface area contributed by atoms with Gasteiger partial charge < -0.3 is 5.32 Å². The number of para-hydroxylation sites is 1. The number of thioether (sulfide) groups is 1. The summed E-state index contributed by atoms with van der Waals surface area (Å²) < 4.78 is 3.46. The highest BCUT2D eigenvalue weighted by Gasteiger charge is 2.29. The molecule has 1 saturated carbocycles. The Balaban J connectivity index is 1.44. The van der Waals surface area contributed by atoms with Crippen LogP contribution in [0.15, 0.2) is 41.6 Å². The second-order valence-corrected chi connectivity index (χ2v) is 8.36. The van der Waals surface area contributed by atoms with Crippen molar-refractivity contribution >= 4 is 46.1 Å². The summed E-state index contributed by atoms with van der Waals surface area (Å²) in [6.07, 6.45) is 1.91. The number of hydrogen-bond acceptors (Lipinski definition) is 7. The van der Waals surface area contributed by atoms with Crippen LogP contribution in [0.4, 0.5) is 5.82 Å². The Hall–Kier alpha value is -2.98. The van der Waals surface area contributed by atoms with Gasteiger partial charge in [-0.15, -0.1) is 0 Å². The Morgan fingerprint density at radius 3 is 2.83 bits per heavy atom. The number of nitrogens with zero attached hydrogens (tertiary/aromatic N) is 7. The smallest absolute Gasteiger partial charge is 0.256 e. The molecule has 1 aliphatic carbocycles. The van der Waals surface area contributed by atoms with Crippen molar-refractivity contribution in [3.63, 3.8) is 0 Å². The fourth-order valence-corrected chi connectivity index (χ4v) is 4.20. The largest absolute Gasteiger partial charge is 0.310 e. The van der Waals surface area contributed by atoms with Gasteiger partial charge in [-0.05, 0) is 47.5 Å². The maximum absolute atomic E-state index is 12.0. The number of carbonyl (C=O) groups excluding carboxylic acids is 1. The van der Waals surface area contributed by atoms with Gasteiger partial charge in [-0.2, -0.15) is 0 Å². The van der Waals surface area contributed by atoms with Crippen LogP contribution in [0.5, 0.6) is 0 Å². The van der Waals surface area contributed by atoms with Gasteiger partial charge in [0.1, 0.15) is 11.3 Å². The standard InChI is InChI=1S/C19H17ClN8OS/c1-27-18(24-25-26-27)28-14-6-3-5-13(20)16(14)23-19(28)30-10-12-4-2-7-15(21-12)22-17(29)11-8-9-11/h2-7,11H,8-10H2,1H3,(H,21,22,29). The van der Waals surface area contributed by atoms with Crippen LogP contribution in [-0.2, 0) is 17.6 Å². The highest BCUT2D eigenvalue weighted by molar-refractivity contribution is 7.98. The molecule has 1 fully saturated rings. The Kier molecular flexibility index (Phi) is 4.87. The van der Waals surface area contributed by atoms with Gasteiger partial charge in [-0.3, -0.25) is 9.36 Å². The number of nitrogens with one attached hydrogen (secondary N) is 1. The van der Waals surface area contributed by atoms with E-state index in [1.54, 1.807) is 23.9 Å². The minimum Gasteiger partial charge on any atom is -0.310 e. The summed E-state index contributed by atoms with van der Waals surface area (Å²) in [5, 5.41) is 15.9. The summed E-state index contributed by atoms with van der Waals surface area (Å²) in [6, 6.07) is 11.2. The van der Waals surface area contributed by atoms with Crippen LogP contribution >= 0.6 is 23.4 Å². The number of fused-ring (bicyclic) bond motifs is 1. The number of halogens is 1. The first-order valence-corrected chi connectivity index (χ1v) is 10.8. The number of imidazole rings is 1. The summed E-state index contributed by atoms with van der Waals surface area (Å²) in [7, 11) is 1.77. The zero-order valence-corrected chi connectivity index (χ0v) is 17.6. The first-order chi connectivity index (χ1) is 14.6. The summed E-state index contributed by atoms with van der Waals surface area (Å²) >= 11 is 7.86. The first kappa shape index (κ1) is 19.0. The van der Waals surface area contributed by atoms with Gasteiger partial charge in [0.25, 0.3) is 5.95 Å². The lowest BCUT2D eigenvalue weighted by Gasteiger charge is -2.08. The molecule has 0 saturated heterocycles. The van der Waals surface area contributed by atoms with Crippen LogP contribution in [0.2, 0.25) is 5.02 Å². The third-order valence-electron chi connectivity index (χ3n) is 4.76. The Morgan fingerprint density at radius 1 is 1.23 bits per heavy atom. The van der Waals surface area contributed by atoms with E-state index in [-0.39, 0.29) is 11.8 Å². The molecule has 9 nitrogen and oxygen atoms in total. The number of benzene rings is 1. The van der Waals surface area contributed by atoms with Gasteiger partial charge in [0.15, 0.2) is 5.16 Å². The molecular formula is C19H17ClN8OS. The minimum atomic E-state index is 0.0403. The van der Waals surface area contributed by atoms with Gasteiger partial charge in [-0.1, -0.05) is 40.6 Å². The molecule has 5 rings (SSSR count). The van der Waals surface area contributed by atoms with Crippen molar-refractivity contribution in [3.8, 4) is 5.95 Å². The molecule has 4 aromatic rings. The van der Waals surface area contributed by atoms with E-state index in [0.717, 1.165) is 24.1 Å². The fraction of sp³-hybridized carbons (Fsp3) is 0.263. The van der Waals surface area contributed by atoms with Crippen LogP contribution in [0.25, 0.3) is 17.0 Å². The molecule has 152 valence electrons. The number of anilines is 1. The summed E-state index contributed by atoms with van der Waals surface area (Å²) in [5.74, 6) is 1.84. The predicted molar refractivity (Wildman–Crippen MR) is 114 cm³/mol. The monoisotopic (exact) mass is 440 g/mol. The maximum atomic E-state index is 12.0. The molecule has 3 heterocycles. The normalized spacial score (nSPS) is 13.7. The summed E-state index contributed by atoms with van der Waals surface area (Å²) in [4.78, 5) is 21.3. The summed E-state index contributed by atoms with van der Waals surface area (Å²) in [6.45, 7) is 0. The van der Waals surface area contributed by atoms with E-state index in [1.165, 1.54) is 11.8 Å². The van der Waals surface area contributed by atoms with E-state index >= 15 is 0 Å². The molecule has 11 heteroatoms. The third-order valence-corrected chi connectivity index (χ3v) is 6.04. The van der Waals surface area contributed by atoms with E-state index in [2.05, 4.69) is 25.8 Å². The number of pyridine rings is 1. The highest BCUT2D eigenvalue weighted by Crippen LogP contribution is 2.32. The topological polar surface area (TPSA) is 103 Å². The lowest BCUT2D eigenvalue weighted by atomic mass is 10.3. The van der Waals surface area contributed by atoms with Crippen molar-refractivity contribution in [2.45, 2.75) is 23.8 Å². The molecule has 0 spiro atoms. The van der Waals surface area contributed by atoms with E-state index in [1.807, 2.05) is 28.8 Å². The second-order valence-electron chi connectivity index (χ2n) is 7.01. The molecule has 30 heavy (non-hydrogen) atoms. The van der Waals surface area contributed by atoms with Gasteiger partial charge in [0.2, 0.25) is 5.91 Å². The second kappa shape index (κ2) is 7.69. The Bertz CT molecular complexity index is 1250. The van der Waals surface area contributed by atoms with Gasteiger partial charge in [0, 0.05) is 18.7 Å². The van der Waals surface area contributed by atoms with Crippen LogP contribution in [0, 0.1) is 5.92 Å². The number of aromatic nitrogens is 7. The molecule has 0 radical (unpaired) electrons. The average Bonchev–Trinajstić information content (AvgIpc) is 3.41. The fourth-order valence-electron chi connectivity index (χ4n) is 3.09. The lowest BCUT2D eigenvalue weighted by Crippen LogP contribution is -2.14. The molecule has 0 unspecified atom stereocenters. The number of amides is 1. The molecular weight excluding hydrogens is 424 g/mol. The van der Waals surface area contributed by atoms with E-state index in [9.17, 15) is 4.79 Å². The van der Waals surface area contributed by atoms with Gasteiger partial charge in [0.05, 0.1) is 16.2 Å². The average molecular weight is 441 g/mol. The molecule has 1 N–H and O–H groups in total. The van der Waals surface area contributed by atoms with Crippen molar-refractivity contribution in [3.05, 3.63) is 47.1 Å². The van der Waals surface area contributed by atoms with Crippen LogP contribution in [0.3, 0.4) is 0 Å². The minimum absolute atomic E-state index is 0.0403. The summed E-state index contributed by atoms with van der Waals surface area (Å²) in [5.41, 5.74) is 2.33. The predicted octanol–water partition coefficient (Wildman–Crippen LogP) is 3.24. The molecule has 3 aromatic heterocycles. The van der Waals surface area contributed by atoms with E-state index < -0.39 is 0 Å². The van der Waals surface area contributed by atoms with E-state index in [0.29, 0.717) is 33.2 Å². The lowest BCUT2D eigenvalue weighted by molar-refractivity contribution is -0.117. The molecule has 1 aromatic carbocycles. The molecule has 1 amide bonds. The maximum Gasteiger partial charge on any atom is 0.256 e. The number of aryl methyl sites for hydroxylation is 1. The Labute approximate surface area is 180 Å². The number of tetrazole rings is 1. The quantitative estimate of drug-likeness (QED) is 0.459. The van der Waals surface area contributed by atoms with Gasteiger partial charge >= 0.3 is 0 Å². The van der Waals surface area contributed by atoms with Crippen molar-refractivity contribution in [1.82, 2.24) is 34.7 Å². The van der Waals surface area contributed by atoms with Gasteiger partial charge in [-0.25, -0.2) is 14.6 Å². The number of carbonyl (C=O) groups is 1. The third kappa shape index (κ3) is 3.63. The number of rotatable bonds is 6. The van der Waals surface area contributed by atoms with Crippen molar-refractivity contribution < 1.29 is 4.79 Å².